The van der Waals surface area contributed by atoms with E-state index < -0.39 is 0 Å². The fourth-order valence-electron chi connectivity index (χ4n) is 3.15. The van der Waals surface area contributed by atoms with Gasteiger partial charge in [-0.1, -0.05) is 30.3 Å². The average Bonchev–Trinajstić information content (AvgIpc) is 3.01. The molecular weight excluding hydrogens is 288 g/mol. The highest BCUT2D eigenvalue weighted by atomic mass is 16.2. The van der Waals surface area contributed by atoms with Gasteiger partial charge in [-0.25, -0.2) is 4.98 Å². The third kappa shape index (κ3) is 4.42. The van der Waals surface area contributed by atoms with Crippen LogP contribution in [0.25, 0.3) is 0 Å². The lowest BCUT2D eigenvalue weighted by Gasteiger charge is -2.32. The molecular formula is C18H24N4O. The molecule has 2 N–H and O–H groups in total. The Hall–Kier alpha value is -2.14. The van der Waals surface area contributed by atoms with Crippen molar-refractivity contribution in [2.24, 2.45) is 5.92 Å². The number of benzene rings is 1. The van der Waals surface area contributed by atoms with Crippen molar-refractivity contribution in [1.82, 2.24) is 20.2 Å². The first-order valence-corrected chi connectivity index (χ1v) is 8.27. The third-order valence-electron chi connectivity index (χ3n) is 4.32. The minimum absolute atomic E-state index is 0.113. The van der Waals surface area contributed by atoms with Crippen LogP contribution in [0.1, 0.15) is 34.7 Å². The Bertz CT molecular complexity index is 637. The van der Waals surface area contributed by atoms with Gasteiger partial charge in [0.25, 0.3) is 5.91 Å². The standard InChI is InChI=1S/C18H24N4O/c1-14-10-19-17(21-14)18(23)20-11-16-8-5-9-22(13-16)12-15-6-3-2-4-7-15/h2-4,6-7,10,16H,5,8-9,11-13H2,1H3,(H,19,21)(H,20,23). The fraction of sp³-hybridized carbons (Fsp3) is 0.444. The first-order chi connectivity index (χ1) is 11.2. The number of nitrogens with one attached hydrogen (secondary N) is 2. The second-order valence-corrected chi connectivity index (χ2v) is 6.35. The van der Waals surface area contributed by atoms with E-state index in [4.69, 9.17) is 0 Å². The van der Waals surface area contributed by atoms with Gasteiger partial charge in [-0.2, -0.15) is 0 Å². The van der Waals surface area contributed by atoms with Crippen LogP contribution in [-0.4, -0.2) is 40.4 Å². The predicted molar refractivity (Wildman–Crippen MR) is 90.1 cm³/mol. The lowest BCUT2D eigenvalue weighted by molar-refractivity contribution is 0.0921. The first kappa shape index (κ1) is 15.7. The Morgan fingerprint density at radius 1 is 1.39 bits per heavy atom. The number of rotatable bonds is 5. The summed E-state index contributed by atoms with van der Waals surface area (Å²) >= 11 is 0. The van der Waals surface area contributed by atoms with Gasteiger partial charge in [0.2, 0.25) is 0 Å². The molecule has 1 aromatic carbocycles. The Balaban J connectivity index is 1.48. The molecule has 23 heavy (non-hydrogen) atoms. The van der Waals surface area contributed by atoms with E-state index in [0.29, 0.717) is 18.3 Å². The zero-order chi connectivity index (χ0) is 16.1. The third-order valence-corrected chi connectivity index (χ3v) is 4.32. The van der Waals surface area contributed by atoms with E-state index in [0.717, 1.165) is 25.3 Å². The maximum absolute atomic E-state index is 12.1. The SMILES string of the molecule is Cc1cnc(C(=O)NCC2CCCN(Cc3ccccc3)C2)[nH]1. The molecule has 5 heteroatoms. The number of likely N-dealkylation sites (tertiary alicyclic amines) is 1. The number of hydrogen-bond donors (Lipinski definition) is 2. The molecule has 0 aliphatic carbocycles. The summed E-state index contributed by atoms with van der Waals surface area (Å²) in [7, 11) is 0. The smallest absolute Gasteiger partial charge is 0.287 e. The van der Waals surface area contributed by atoms with Crippen LogP contribution in [-0.2, 0) is 6.54 Å². The topological polar surface area (TPSA) is 61.0 Å². The van der Waals surface area contributed by atoms with E-state index in [2.05, 4.69) is 44.5 Å². The van der Waals surface area contributed by atoms with E-state index in [1.165, 1.54) is 18.4 Å². The number of H-pyrrole nitrogens is 1. The van der Waals surface area contributed by atoms with Gasteiger partial charge in [0.05, 0.1) is 0 Å². The number of aryl methyl sites for hydroxylation is 1. The summed E-state index contributed by atoms with van der Waals surface area (Å²) in [4.78, 5) is 21.6. The second-order valence-electron chi connectivity index (χ2n) is 6.35. The Morgan fingerprint density at radius 3 is 2.96 bits per heavy atom. The number of piperidine rings is 1. The van der Waals surface area contributed by atoms with Crippen LogP contribution >= 0.6 is 0 Å². The maximum Gasteiger partial charge on any atom is 0.287 e. The van der Waals surface area contributed by atoms with Crippen LogP contribution in [0, 0.1) is 12.8 Å². The lowest BCUT2D eigenvalue weighted by Crippen LogP contribution is -2.40. The van der Waals surface area contributed by atoms with Crippen LogP contribution in [0.5, 0.6) is 0 Å². The zero-order valence-corrected chi connectivity index (χ0v) is 13.6. The zero-order valence-electron chi connectivity index (χ0n) is 13.6. The highest BCUT2D eigenvalue weighted by Crippen LogP contribution is 2.18. The number of carbonyl (C=O) groups is 1. The van der Waals surface area contributed by atoms with Crippen LogP contribution in [0.4, 0.5) is 0 Å². The molecule has 2 heterocycles. The predicted octanol–water partition coefficient (Wildman–Crippen LogP) is 2.36. The summed E-state index contributed by atoms with van der Waals surface area (Å²) in [6, 6.07) is 10.6. The van der Waals surface area contributed by atoms with E-state index >= 15 is 0 Å². The Morgan fingerprint density at radius 2 is 2.22 bits per heavy atom. The second kappa shape index (κ2) is 7.42. The maximum atomic E-state index is 12.1. The molecule has 5 nitrogen and oxygen atoms in total. The molecule has 0 spiro atoms. The van der Waals surface area contributed by atoms with Crippen LogP contribution in [0.3, 0.4) is 0 Å². The summed E-state index contributed by atoms with van der Waals surface area (Å²) in [6.07, 6.45) is 4.03. The van der Waals surface area contributed by atoms with Crippen molar-refractivity contribution in [3.05, 3.63) is 53.6 Å². The highest BCUT2D eigenvalue weighted by molar-refractivity contribution is 5.90. The highest BCUT2D eigenvalue weighted by Gasteiger charge is 2.21. The fourth-order valence-corrected chi connectivity index (χ4v) is 3.15. The van der Waals surface area contributed by atoms with Gasteiger partial charge < -0.3 is 10.3 Å². The Kier molecular flexibility index (Phi) is 5.08. The summed E-state index contributed by atoms with van der Waals surface area (Å²) in [5.74, 6) is 0.796. The number of aromatic amines is 1. The molecule has 0 bridgehead atoms. The largest absolute Gasteiger partial charge is 0.349 e. The summed E-state index contributed by atoms with van der Waals surface area (Å²) in [5.41, 5.74) is 2.25. The lowest BCUT2D eigenvalue weighted by atomic mass is 9.97. The van der Waals surface area contributed by atoms with Crippen LogP contribution in [0.2, 0.25) is 0 Å². The molecule has 2 aromatic rings. The Labute approximate surface area is 137 Å². The molecule has 3 rings (SSSR count). The quantitative estimate of drug-likeness (QED) is 0.891. The summed E-state index contributed by atoms with van der Waals surface area (Å²) < 4.78 is 0. The number of amides is 1. The van der Waals surface area contributed by atoms with Crippen LogP contribution < -0.4 is 5.32 Å². The molecule has 0 saturated carbocycles. The molecule has 1 unspecified atom stereocenters. The van der Waals surface area contributed by atoms with Gasteiger partial charge in [-0.15, -0.1) is 0 Å². The van der Waals surface area contributed by atoms with Crippen molar-refractivity contribution < 1.29 is 4.79 Å². The summed E-state index contributed by atoms with van der Waals surface area (Å²) in [6.45, 7) is 5.77. The van der Waals surface area contributed by atoms with Gasteiger partial charge in [0.15, 0.2) is 5.82 Å². The van der Waals surface area contributed by atoms with Gasteiger partial charge in [-0.3, -0.25) is 9.69 Å². The molecule has 1 atom stereocenters. The van der Waals surface area contributed by atoms with E-state index in [-0.39, 0.29) is 5.91 Å². The van der Waals surface area contributed by atoms with Crippen molar-refractivity contribution in [2.75, 3.05) is 19.6 Å². The molecule has 0 radical (unpaired) electrons. The van der Waals surface area contributed by atoms with E-state index in [9.17, 15) is 4.79 Å². The molecule has 122 valence electrons. The molecule has 1 aromatic heterocycles. The summed E-state index contributed by atoms with van der Waals surface area (Å²) in [5, 5.41) is 3.01. The van der Waals surface area contributed by atoms with Gasteiger partial charge >= 0.3 is 0 Å². The van der Waals surface area contributed by atoms with Gasteiger partial charge in [0.1, 0.15) is 0 Å². The minimum atomic E-state index is -0.113. The number of imidazole rings is 1. The molecule has 1 aliphatic heterocycles. The van der Waals surface area contributed by atoms with Crippen molar-refractivity contribution in [3.63, 3.8) is 0 Å². The normalized spacial score (nSPS) is 18.7. The van der Waals surface area contributed by atoms with E-state index in [1.54, 1.807) is 6.20 Å². The van der Waals surface area contributed by atoms with Crippen molar-refractivity contribution in [1.29, 1.82) is 0 Å². The van der Waals surface area contributed by atoms with Gasteiger partial charge in [-0.05, 0) is 37.8 Å². The number of nitrogens with zero attached hydrogens (tertiary/aromatic N) is 2. The van der Waals surface area contributed by atoms with E-state index in [1.807, 2.05) is 13.0 Å². The first-order valence-electron chi connectivity index (χ1n) is 8.27. The van der Waals surface area contributed by atoms with Crippen molar-refractivity contribution in [3.8, 4) is 0 Å². The van der Waals surface area contributed by atoms with Gasteiger partial charge in [0, 0.05) is 31.5 Å². The average molecular weight is 312 g/mol. The monoisotopic (exact) mass is 312 g/mol. The van der Waals surface area contributed by atoms with Crippen molar-refractivity contribution >= 4 is 5.91 Å². The molecule has 1 aliphatic rings. The number of hydrogen-bond acceptors (Lipinski definition) is 3. The number of aromatic nitrogens is 2. The molecule has 1 fully saturated rings. The van der Waals surface area contributed by atoms with Crippen LogP contribution in [0.15, 0.2) is 36.5 Å². The minimum Gasteiger partial charge on any atom is -0.349 e. The molecule has 1 amide bonds. The van der Waals surface area contributed by atoms with Crippen molar-refractivity contribution in [2.45, 2.75) is 26.3 Å². The molecule has 1 saturated heterocycles. The number of carbonyl (C=O) groups excluding carboxylic acids is 1.